The zero-order valence-electron chi connectivity index (χ0n) is 17.5. The summed E-state index contributed by atoms with van der Waals surface area (Å²) >= 11 is 4.39. The number of methoxy groups -OCH3 is 2. The molecule has 10 nitrogen and oxygen atoms in total. The number of nitrogens with zero attached hydrogens (tertiary/aromatic N) is 2. The van der Waals surface area contributed by atoms with Crippen LogP contribution in [-0.4, -0.2) is 53.7 Å². The van der Waals surface area contributed by atoms with E-state index in [1.165, 1.54) is 26.5 Å². The molecule has 12 heteroatoms. The lowest BCUT2D eigenvalue weighted by Crippen LogP contribution is -2.28. The molecule has 0 aliphatic carbocycles. The Morgan fingerprint density at radius 1 is 1.21 bits per heavy atom. The van der Waals surface area contributed by atoms with Crippen LogP contribution < -0.4 is 20.1 Å². The van der Waals surface area contributed by atoms with E-state index in [-0.39, 0.29) is 46.0 Å². The van der Waals surface area contributed by atoms with E-state index in [1.807, 2.05) is 0 Å². The molecule has 2 aromatic rings. The van der Waals surface area contributed by atoms with Crippen molar-refractivity contribution in [3.63, 3.8) is 0 Å². The van der Waals surface area contributed by atoms with E-state index in [4.69, 9.17) is 9.47 Å². The van der Waals surface area contributed by atoms with Crippen LogP contribution in [0.3, 0.4) is 0 Å². The van der Waals surface area contributed by atoms with Crippen LogP contribution in [0, 0.1) is 0 Å². The Morgan fingerprint density at radius 2 is 1.94 bits per heavy atom. The highest BCUT2D eigenvalue weighted by Crippen LogP contribution is 2.33. The van der Waals surface area contributed by atoms with Crippen LogP contribution in [-0.2, 0) is 9.59 Å². The number of nitrogens with one attached hydrogen (secondary N) is 2. The van der Waals surface area contributed by atoms with Crippen LogP contribution in [0.4, 0.5) is 5.69 Å². The van der Waals surface area contributed by atoms with E-state index in [1.54, 1.807) is 30.3 Å². The van der Waals surface area contributed by atoms with Crippen molar-refractivity contribution in [3.8, 4) is 11.5 Å². The van der Waals surface area contributed by atoms with Gasteiger partial charge in [0.1, 0.15) is 10.8 Å². The highest BCUT2D eigenvalue weighted by atomic mass is 79.9. The molecule has 33 heavy (non-hydrogen) atoms. The Morgan fingerprint density at radius 3 is 2.58 bits per heavy atom. The molecule has 1 atom stereocenters. The van der Waals surface area contributed by atoms with Crippen molar-refractivity contribution in [3.05, 3.63) is 52.0 Å². The number of rotatable bonds is 8. The maximum atomic E-state index is 12.3. The lowest BCUT2D eigenvalue weighted by molar-refractivity contribution is -0.122. The number of amides is 2. The van der Waals surface area contributed by atoms with Gasteiger partial charge in [0, 0.05) is 22.1 Å². The fourth-order valence-electron chi connectivity index (χ4n) is 2.91. The van der Waals surface area contributed by atoms with E-state index >= 15 is 0 Å². The summed E-state index contributed by atoms with van der Waals surface area (Å²) in [6, 6.07) is 10.1. The van der Waals surface area contributed by atoms with Crippen molar-refractivity contribution in [1.29, 1.82) is 0 Å². The van der Waals surface area contributed by atoms with Crippen LogP contribution in [0.25, 0.3) is 0 Å². The van der Waals surface area contributed by atoms with Gasteiger partial charge in [0.15, 0.2) is 16.7 Å². The fourth-order valence-corrected chi connectivity index (χ4v) is 4.10. The number of carbonyl (C=O) groups is 3. The average molecular weight is 535 g/mol. The van der Waals surface area contributed by atoms with Gasteiger partial charge in [-0.15, -0.1) is 5.10 Å². The van der Waals surface area contributed by atoms with Crippen LogP contribution in [0.5, 0.6) is 11.5 Å². The van der Waals surface area contributed by atoms with Crippen molar-refractivity contribution in [2.24, 2.45) is 10.2 Å². The fraction of sp³-hybridized carbons (Fsp3) is 0.190. The van der Waals surface area contributed by atoms with Gasteiger partial charge in [0.2, 0.25) is 11.8 Å². The molecule has 0 unspecified atom stereocenters. The summed E-state index contributed by atoms with van der Waals surface area (Å²) in [6.45, 7) is 0. The molecule has 0 spiro atoms. The van der Waals surface area contributed by atoms with Crippen LogP contribution in [0.2, 0.25) is 0 Å². The molecule has 0 aromatic heterocycles. The Labute approximate surface area is 201 Å². The second kappa shape index (κ2) is 11.0. The van der Waals surface area contributed by atoms with Gasteiger partial charge in [-0.2, -0.15) is 5.10 Å². The topological polar surface area (TPSA) is 139 Å². The van der Waals surface area contributed by atoms with E-state index in [9.17, 15) is 19.5 Å². The Hall–Kier alpha value is -3.38. The molecular weight excluding hydrogens is 516 g/mol. The van der Waals surface area contributed by atoms with Crippen LogP contribution in [0.15, 0.2) is 51.1 Å². The number of halogens is 1. The third-order valence-corrected chi connectivity index (χ3v) is 6.01. The summed E-state index contributed by atoms with van der Waals surface area (Å²) < 4.78 is 11.2. The molecule has 3 N–H and O–H groups in total. The van der Waals surface area contributed by atoms with Gasteiger partial charge >= 0.3 is 5.97 Å². The van der Waals surface area contributed by atoms with Gasteiger partial charge in [-0.3, -0.25) is 9.59 Å². The minimum atomic E-state index is -1.22. The highest BCUT2D eigenvalue weighted by molar-refractivity contribution is 9.10. The number of benzene rings is 2. The summed E-state index contributed by atoms with van der Waals surface area (Å²) in [5.41, 5.74) is 0.727. The number of carboxylic acid groups (broad SMARTS) is 1. The SMILES string of the molecule is COc1ccc(/C=N/N=C2\NC(=O)[C@@H](CC(=O)Nc3ccc(Br)cc3)S2)c(C(=O)O)c1OC. The number of ether oxygens (including phenoxy) is 2. The first-order chi connectivity index (χ1) is 15.8. The molecule has 172 valence electrons. The second-order valence-corrected chi connectivity index (χ2v) is 8.68. The highest BCUT2D eigenvalue weighted by Gasteiger charge is 2.32. The molecule has 1 aliphatic heterocycles. The molecule has 1 heterocycles. The Kier molecular flexibility index (Phi) is 8.06. The van der Waals surface area contributed by atoms with Crippen molar-refractivity contribution >= 4 is 62.5 Å². The molecular formula is C21H19BrN4O6S. The minimum absolute atomic E-state index is 0.0475. The number of thioether (sulfide) groups is 1. The molecule has 2 amide bonds. The van der Waals surface area contributed by atoms with Gasteiger partial charge in [0.05, 0.1) is 20.4 Å². The van der Waals surface area contributed by atoms with Crippen molar-refractivity contribution in [2.75, 3.05) is 19.5 Å². The van der Waals surface area contributed by atoms with Crippen molar-refractivity contribution < 1.29 is 29.0 Å². The lowest BCUT2D eigenvalue weighted by atomic mass is 10.1. The monoisotopic (exact) mass is 534 g/mol. The average Bonchev–Trinajstić information content (AvgIpc) is 3.13. The third-order valence-electron chi connectivity index (χ3n) is 4.41. The first-order valence-corrected chi connectivity index (χ1v) is 11.1. The second-order valence-electron chi connectivity index (χ2n) is 6.58. The van der Waals surface area contributed by atoms with Gasteiger partial charge in [-0.25, -0.2) is 4.79 Å². The van der Waals surface area contributed by atoms with E-state index < -0.39 is 11.2 Å². The summed E-state index contributed by atoms with van der Waals surface area (Å²) in [6.07, 6.45) is 1.19. The normalized spacial score (nSPS) is 16.6. The molecule has 1 fully saturated rings. The smallest absolute Gasteiger partial charge is 0.340 e. The quantitative estimate of drug-likeness (QED) is 0.349. The maximum Gasteiger partial charge on any atom is 0.340 e. The van der Waals surface area contributed by atoms with Crippen LogP contribution in [0.1, 0.15) is 22.3 Å². The molecule has 0 bridgehead atoms. The standard InChI is InChI=1S/C21H19BrN4O6S/c1-31-14-8-3-11(17(20(29)30)18(14)32-2)10-23-26-21-25-19(28)15(33-21)9-16(27)24-13-6-4-12(22)5-7-13/h3-8,10,15H,9H2,1-2H3,(H,24,27)(H,29,30)(H,25,26,28)/b23-10+/t15-/m1/s1. The summed E-state index contributed by atoms with van der Waals surface area (Å²) in [5, 5.41) is 22.2. The zero-order chi connectivity index (χ0) is 24.0. The number of hydrogen-bond acceptors (Lipinski definition) is 8. The Bertz CT molecular complexity index is 1140. The zero-order valence-corrected chi connectivity index (χ0v) is 19.9. The summed E-state index contributed by atoms with van der Waals surface area (Å²) in [4.78, 5) is 36.1. The first-order valence-electron chi connectivity index (χ1n) is 9.44. The number of aromatic carboxylic acids is 1. The summed E-state index contributed by atoms with van der Waals surface area (Å²) in [5.74, 6) is -1.58. The van der Waals surface area contributed by atoms with Gasteiger partial charge in [-0.05, 0) is 36.4 Å². The van der Waals surface area contributed by atoms with E-state index in [2.05, 4.69) is 36.8 Å². The van der Waals surface area contributed by atoms with Gasteiger partial charge in [-0.1, -0.05) is 27.7 Å². The predicted octanol–water partition coefficient (Wildman–Crippen LogP) is 3.11. The molecule has 2 aromatic carbocycles. The van der Waals surface area contributed by atoms with Gasteiger partial charge < -0.3 is 25.2 Å². The summed E-state index contributed by atoms with van der Waals surface area (Å²) in [7, 11) is 2.74. The number of amidine groups is 1. The number of carbonyl (C=O) groups excluding carboxylic acids is 2. The first kappa shape index (κ1) is 24.3. The van der Waals surface area contributed by atoms with Crippen LogP contribution >= 0.6 is 27.7 Å². The predicted molar refractivity (Wildman–Crippen MR) is 128 cm³/mol. The molecule has 0 saturated carbocycles. The number of anilines is 1. The van der Waals surface area contributed by atoms with Crippen molar-refractivity contribution in [2.45, 2.75) is 11.7 Å². The minimum Gasteiger partial charge on any atom is -0.493 e. The molecule has 1 saturated heterocycles. The third kappa shape index (κ3) is 6.11. The largest absolute Gasteiger partial charge is 0.493 e. The Balaban J connectivity index is 1.67. The molecule has 3 rings (SSSR count). The maximum absolute atomic E-state index is 12.3. The van der Waals surface area contributed by atoms with Crippen molar-refractivity contribution in [1.82, 2.24) is 5.32 Å². The number of carboxylic acids is 1. The number of hydrogen-bond donors (Lipinski definition) is 3. The molecule has 0 radical (unpaired) electrons. The molecule has 1 aliphatic rings. The van der Waals surface area contributed by atoms with E-state index in [0.29, 0.717) is 5.69 Å². The van der Waals surface area contributed by atoms with Gasteiger partial charge in [0.25, 0.3) is 0 Å². The lowest BCUT2D eigenvalue weighted by Gasteiger charge is -2.11. The van der Waals surface area contributed by atoms with E-state index in [0.717, 1.165) is 16.2 Å².